The third-order valence-electron chi connectivity index (χ3n) is 4.03. The molecule has 1 heterocycles. The van der Waals surface area contributed by atoms with Gasteiger partial charge < -0.3 is 9.08 Å². The molecule has 0 N–H and O–H groups in total. The second kappa shape index (κ2) is 7.55. The van der Waals surface area contributed by atoms with Gasteiger partial charge in [0, 0.05) is 36.4 Å². The van der Waals surface area contributed by atoms with Crippen LogP contribution in [0.5, 0.6) is 5.75 Å². The molecule has 2 aromatic carbocycles. The zero-order valence-electron chi connectivity index (χ0n) is 14.3. The van der Waals surface area contributed by atoms with Gasteiger partial charge in [0.15, 0.2) is 0 Å². The largest absolute Gasteiger partial charge is 0.379 e. The Bertz CT molecular complexity index is 900. The average molecular weight is 395 g/mol. The van der Waals surface area contributed by atoms with E-state index in [4.69, 9.17) is 15.8 Å². The summed E-state index contributed by atoms with van der Waals surface area (Å²) < 4.78 is 29.9. The Labute approximate surface area is 158 Å². The van der Waals surface area contributed by atoms with Crippen molar-refractivity contribution in [1.82, 2.24) is 4.90 Å². The molecular weight excluding hydrogens is 376 g/mol. The molecular formula is C18H19ClN2O4S. The van der Waals surface area contributed by atoms with Crippen molar-refractivity contribution in [2.75, 3.05) is 24.5 Å². The summed E-state index contributed by atoms with van der Waals surface area (Å²) in [5, 5.41) is 0.386. The molecule has 0 atom stereocenters. The van der Waals surface area contributed by atoms with Gasteiger partial charge >= 0.3 is 16.1 Å². The van der Waals surface area contributed by atoms with E-state index in [2.05, 4.69) is 0 Å². The number of halogens is 1. The van der Waals surface area contributed by atoms with Gasteiger partial charge in [0.2, 0.25) is 0 Å². The van der Waals surface area contributed by atoms with Crippen molar-refractivity contribution in [3.05, 3.63) is 53.6 Å². The van der Waals surface area contributed by atoms with Crippen LogP contribution in [0, 0.1) is 0 Å². The van der Waals surface area contributed by atoms with Crippen LogP contribution in [-0.4, -0.2) is 39.0 Å². The van der Waals surface area contributed by atoms with E-state index < -0.39 is 10.1 Å². The molecule has 0 aliphatic carbocycles. The van der Waals surface area contributed by atoms with Crippen molar-refractivity contribution >= 4 is 33.4 Å². The fourth-order valence-corrected chi connectivity index (χ4v) is 3.89. The summed E-state index contributed by atoms with van der Waals surface area (Å²) in [4.78, 5) is 15.8. The lowest BCUT2D eigenvalue weighted by Crippen LogP contribution is -2.32. The monoisotopic (exact) mass is 394 g/mol. The van der Waals surface area contributed by atoms with Crippen LogP contribution in [0.3, 0.4) is 0 Å². The molecule has 1 aliphatic rings. The van der Waals surface area contributed by atoms with Gasteiger partial charge in [-0.25, -0.2) is 4.79 Å². The summed E-state index contributed by atoms with van der Waals surface area (Å²) in [6.07, 6.45) is 0.900. The number of carbonyl (C=O) groups is 1. The maximum atomic E-state index is 12.4. The van der Waals surface area contributed by atoms with E-state index in [1.165, 1.54) is 24.3 Å². The summed E-state index contributed by atoms with van der Waals surface area (Å²) in [6, 6.07) is 12.2. The number of urea groups is 1. The van der Waals surface area contributed by atoms with Crippen LogP contribution < -0.4 is 9.08 Å². The van der Waals surface area contributed by atoms with Crippen LogP contribution in [0.4, 0.5) is 10.5 Å². The van der Waals surface area contributed by atoms with Crippen molar-refractivity contribution in [2.24, 2.45) is 0 Å². The highest BCUT2D eigenvalue weighted by molar-refractivity contribution is 7.87. The fourth-order valence-electron chi connectivity index (χ4n) is 2.79. The summed E-state index contributed by atoms with van der Waals surface area (Å²) in [5.41, 5.74) is 0.662. The smallest absolute Gasteiger partial charge is 0.339 e. The van der Waals surface area contributed by atoms with Gasteiger partial charge in [-0.15, -0.1) is 0 Å². The van der Waals surface area contributed by atoms with Gasteiger partial charge in [-0.2, -0.15) is 8.42 Å². The van der Waals surface area contributed by atoms with Crippen molar-refractivity contribution in [3.63, 3.8) is 0 Å². The molecule has 138 valence electrons. The Kier molecular flexibility index (Phi) is 5.38. The number of hydrogen-bond donors (Lipinski definition) is 0. The number of anilines is 1. The molecule has 2 aromatic rings. The highest BCUT2D eigenvalue weighted by Crippen LogP contribution is 2.25. The van der Waals surface area contributed by atoms with Crippen molar-refractivity contribution in [2.45, 2.75) is 18.2 Å². The number of hydrogen-bond acceptors (Lipinski definition) is 4. The first kappa shape index (κ1) is 18.5. The lowest BCUT2D eigenvalue weighted by molar-refractivity contribution is 0.220. The maximum absolute atomic E-state index is 12.4. The Balaban J connectivity index is 1.76. The molecule has 0 bridgehead atoms. The van der Waals surface area contributed by atoms with E-state index in [9.17, 15) is 13.2 Å². The Morgan fingerprint density at radius 3 is 2.50 bits per heavy atom. The minimum absolute atomic E-state index is 0.0123. The van der Waals surface area contributed by atoms with Gasteiger partial charge in [0.25, 0.3) is 0 Å². The van der Waals surface area contributed by atoms with E-state index in [0.29, 0.717) is 23.8 Å². The molecule has 1 fully saturated rings. The van der Waals surface area contributed by atoms with E-state index in [-0.39, 0.29) is 16.7 Å². The normalized spacial score (nSPS) is 14.8. The molecule has 0 spiro atoms. The molecule has 0 aromatic heterocycles. The molecule has 2 amide bonds. The predicted octanol–water partition coefficient (Wildman–Crippen LogP) is 3.76. The van der Waals surface area contributed by atoms with Gasteiger partial charge in [-0.3, -0.25) is 4.90 Å². The van der Waals surface area contributed by atoms with Crippen LogP contribution >= 0.6 is 11.6 Å². The zero-order valence-corrected chi connectivity index (χ0v) is 15.8. The van der Waals surface area contributed by atoms with Crippen LogP contribution in [0.2, 0.25) is 5.02 Å². The van der Waals surface area contributed by atoms with Crippen LogP contribution in [0.1, 0.15) is 13.3 Å². The standard InChI is InChI=1S/C18H19ClN2O4S/c1-2-10-20-11-12-21(18(20)22)15-6-8-17(9-7-15)26(23,24)25-16-5-3-4-14(19)13-16/h3-9,13H,2,10-12H2,1H3. The molecule has 0 saturated carbocycles. The van der Waals surface area contributed by atoms with E-state index in [0.717, 1.165) is 13.0 Å². The predicted molar refractivity (Wildman–Crippen MR) is 100 cm³/mol. The van der Waals surface area contributed by atoms with E-state index >= 15 is 0 Å². The molecule has 26 heavy (non-hydrogen) atoms. The first-order valence-corrected chi connectivity index (χ1v) is 10.1. The average Bonchev–Trinajstić information content (AvgIpc) is 2.96. The second-order valence-corrected chi connectivity index (χ2v) is 7.89. The summed E-state index contributed by atoms with van der Waals surface area (Å²) in [7, 11) is -3.98. The molecule has 8 heteroatoms. The van der Waals surface area contributed by atoms with E-state index in [1.54, 1.807) is 34.1 Å². The highest BCUT2D eigenvalue weighted by Gasteiger charge is 2.29. The van der Waals surface area contributed by atoms with Gasteiger partial charge in [0.1, 0.15) is 10.6 Å². The highest BCUT2D eigenvalue weighted by atomic mass is 35.5. The molecule has 3 rings (SSSR count). The Morgan fingerprint density at radius 2 is 1.85 bits per heavy atom. The fraction of sp³-hybridized carbons (Fsp3) is 0.278. The Morgan fingerprint density at radius 1 is 1.12 bits per heavy atom. The third-order valence-corrected chi connectivity index (χ3v) is 5.52. The third kappa shape index (κ3) is 3.94. The topological polar surface area (TPSA) is 66.9 Å². The van der Waals surface area contributed by atoms with Gasteiger partial charge in [-0.05, 0) is 42.8 Å². The van der Waals surface area contributed by atoms with Crippen LogP contribution in [0.15, 0.2) is 53.4 Å². The number of nitrogens with zero attached hydrogens (tertiary/aromatic N) is 2. The lowest BCUT2D eigenvalue weighted by atomic mass is 10.3. The summed E-state index contributed by atoms with van der Waals surface area (Å²) >= 11 is 5.84. The number of rotatable bonds is 6. The minimum atomic E-state index is -3.98. The Hall–Kier alpha value is -2.25. The zero-order chi connectivity index (χ0) is 18.7. The lowest BCUT2D eigenvalue weighted by Gasteiger charge is -2.18. The minimum Gasteiger partial charge on any atom is -0.379 e. The van der Waals surface area contributed by atoms with Crippen LogP contribution in [-0.2, 0) is 10.1 Å². The quantitative estimate of drug-likeness (QED) is 0.699. The molecule has 6 nitrogen and oxygen atoms in total. The number of carbonyl (C=O) groups excluding carboxylic acids is 1. The van der Waals surface area contributed by atoms with Crippen LogP contribution in [0.25, 0.3) is 0 Å². The van der Waals surface area contributed by atoms with Crippen molar-refractivity contribution < 1.29 is 17.4 Å². The number of amides is 2. The molecule has 0 radical (unpaired) electrons. The first-order valence-electron chi connectivity index (χ1n) is 8.27. The molecule has 0 unspecified atom stereocenters. The number of benzene rings is 2. The van der Waals surface area contributed by atoms with Crippen molar-refractivity contribution in [3.8, 4) is 5.75 Å². The van der Waals surface area contributed by atoms with Crippen molar-refractivity contribution in [1.29, 1.82) is 0 Å². The summed E-state index contributed by atoms with van der Waals surface area (Å²) in [5.74, 6) is 0.145. The first-order chi connectivity index (χ1) is 12.4. The molecule has 1 saturated heterocycles. The summed E-state index contributed by atoms with van der Waals surface area (Å²) in [6.45, 7) is 4.00. The van der Waals surface area contributed by atoms with Gasteiger partial charge in [0.05, 0.1) is 0 Å². The molecule has 1 aliphatic heterocycles. The van der Waals surface area contributed by atoms with E-state index in [1.807, 2.05) is 6.92 Å². The van der Waals surface area contributed by atoms with Gasteiger partial charge in [-0.1, -0.05) is 24.6 Å². The SMILES string of the molecule is CCCN1CCN(c2ccc(S(=O)(=O)Oc3cccc(Cl)c3)cc2)C1=O. The second-order valence-electron chi connectivity index (χ2n) is 5.91. The maximum Gasteiger partial charge on any atom is 0.339 e.